The topological polar surface area (TPSA) is 74.1 Å². The predicted octanol–water partition coefficient (Wildman–Crippen LogP) is 3.79. The molecule has 1 unspecified atom stereocenters. The number of ether oxygens (including phenoxy) is 2. The molecule has 3 aromatic rings. The molecule has 0 amide bonds. The molecule has 11 heteroatoms. The number of hydrogen-bond acceptors (Lipinski definition) is 6. The molecule has 0 bridgehead atoms. The van der Waals surface area contributed by atoms with Crippen LogP contribution in [-0.4, -0.2) is 32.5 Å². The molecule has 1 aliphatic rings. The predicted molar refractivity (Wildman–Crippen MR) is 90.0 cm³/mol. The molecule has 0 aliphatic carbocycles. The Balaban J connectivity index is 1.52. The number of nitrogens with one attached hydrogen (secondary N) is 1. The number of alkyl halides is 3. The van der Waals surface area contributed by atoms with Gasteiger partial charge in [-0.15, -0.1) is 13.2 Å². The molecule has 3 heterocycles. The second-order valence-corrected chi connectivity index (χ2v) is 6.18. The fourth-order valence-electron chi connectivity index (χ4n) is 3.00. The highest BCUT2D eigenvalue weighted by atomic mass is 19.4. The molecule has 2 aromatic heterocycles. The van der Waals surface area contributed by atoms with E-state index < -0.39 is 12.4 Å². The third-order valence-corrected chi connectivity index (χ3v) is 4.23. The van der Waals surface area contributed by atoms with Crippen LogP contribution in [0.1, 0.15) is 24.6 Å². The van der Waals surface area contributed by atoms with Gasteiger partial charge in [0.1, 0.15) is 12.0 Å². The van der Waals surface area contributed by atoms with Gasteiger partial charge in [0.25, 0.3) is 0 Å². The number of fused-ring (bicyclic) bond motifs is 1. The van der Waals surface area contributed by atoms with Crippen LogP contribution in [0.2, 0.25) is 0 Å². The summed E-state index contributed by atoms with van der Waals surface area (Å²) in [6, 6.07) is 5.33. The van der Waals surface area contributed by atoms with Crippen molar-refractivity contribution in [2.24, 2.45) is 0 Å². The molecule has 0 saturated carbocycles. The van der Waals surface area contributed by atoms with Crippen LogP contribution >= 0.6 is 0 Å². The van der Waals surface area contributed by atoms with E-state index in [4.69, 9.17) is 4.74 Å². The van der Waals surface area contributed by atoms with Gasteiger partial charge in [-0.05, 0) is 30.5 Å². The van der Waals surface area contributed by atoms with E-state index in [1.807, 2.05) is 0 Å². The number of hydrogen-bond donors (Lipinski definition) is 1. The summed E-state index contributed by atoms with van der Waals surface area (Å²) in [5.41, 5.74) is 1.35. The molecule has 1 aliphatic heterocycles. The summed E-state index contributed by atoms with van der Waals surface area (Å²) in [4.78, 5) is 11.8. The molecule has 0 radical (unpaired) electrons. The van der Waals surface area contributed by atoms with Crippen LogP contribution in [0.5, 0.6) is 5.75 Å². The first kappa shape index (κ1) is 18.4. The zero-order valence-electron chi connectivity index (χ0n) is 14.4. The summed E-state index contributed by atoms with van der Waals surface area (Å²) < 4.78 is 61.6. The van der Waals surface area contributed by atoms with Crippen molar-refractivity contribution in [2.45, 2.75) is 32.0 Å². The first-order valence-electron chi connectivity index (χ1n) is 8.49. The highest BCUT2D eigenvalue weighted by molar-refractivity contribution is 5.82. The van der Waals surface area contributed by atoms with Gasteiger partial charge in [-0.1, -0.05) is 12.1 Å². The summed E-state index contributed by atoms with van der Waals surface area (Å²) in [6.07, 6.45) is -2.69. The number of rotatable bonds is 5. The van der Waals surface area contributed by atoms with Crippen LogP contribution in [-0.2, 0) is 11.3 Å². The smallest absolute Gasteiger partial charge is 0.406 e. The Hall–Kier alpha value is -2.95. The van der Waals surface area contributed by atoms with E-state index in [1.54, 1.807) is 4.57 Å². The molecule has 1 aromatic carbocycles. The van der Waals surface area contributed by atoms with E-state index in [-0.39, 0.29) is 24.3 Å². The molecule has 7 nitrogen and oxygen atoms in total. The molecule has 4 rings (SSSR count). The molecule has 1 atom stereocenters. The van der Waals surface area contributed by atoms with Crippen LogP contribution < -0.4 is 10.1 Å². The fourth-order valence-corrected chi connectivity index (χ4v) is 3.00. The van der Waals surface area contributed by atoms with Crippen molar-refractivity contribution in [1.29, 1.82) is 0 Å². The lowest BCUT2D eigenvalue weighted by Crippen LogP contribution is -2.17. The van der Waals surface area contributed by atoms with Crippen molar-refractivity contribution in [1.82, 2.24) is 19.5 Å². The standard InChI is InChI=1S/C17H15F4N5O2/c18-16-24-14(13-15(25-16)26(9-23-13)12-2-1-7-27-12)22-8-10-3-5-11(6-4-10)28-17(19,20)21/h3-6,9,12H,1-2,7-8H2,(H,22,24,25). The van der Waals surface area contributed by atoms with Crippen molar-refractivity contribution >= 4 is 17.0 Å². The van der Waals surface area contributed by atoms with Gasteiger partial charge in [-0.3, -0.25) is 4.57 Å². The average molecular weight is 397 g/mol. The normalized spacial score (nSPS) is 17.2. The van der Waals surface area contributed by atoms with E-state index >= 15 is 0 Å². The van der Waals surface area contributed by atoms with Crippen molar-refractivity contribution < 1.29 is 27.0 Å². The Kier molecular flexibility index (Phi) is 4.75. The minimum absolute atomic E-state index is 0.190. The maximum absolute atomic E-state index is 13.9. The Morgan fingerprint density at radius 3 is 2.68 bits per heavy atom. The van der Waals surface area contributed by atoms with Gasteiger partial charge >= 0.3 is 12.4 Å². The van der Waals surface area contributed by atoms with Gasteiger partial charge in [0, 0.05) is 13.2 Å². The van der Waals surface area contributed by atoms with E-state index in [0.717, 1.165) is 12.8 Å². The maximum atomic E-state index is 13.9. The molecule has 148 valence electrons. The second kappa shape index (κ2) is 7.23. The summed E-state index contributed by atoms with van der Waals surface area (Å²) in [5, 5.41) is 2.95. The van der Waals surface area contributed by atoms with Crippen LogP contribution in [0.15, 0.2) is 30.6 Å². The Bertz CT molecular complexity index is 968. The van der Waals surface area contributed by atoms with Crippen LogP contribution in [0, 0.1) is 6.08 Å². The van der Waals surface area contributed by atoms with Gasteiger partial charge in [0.2, 0.25) is 0 Å². The van der Waals surface area contributed by atoms with Gasteiger partial charge in [-0.25, -0.2) is 4.98 Å². The van der Waals surface area contributed by atoms with Gasteiger partial charge in [-0.2, -0.15) is 14.4 Å². The number of anilines is 1. The van der Waals surface area contributed by atoms with Crippen LogP contribution in [0.3, 0.4) is 0 Å². The highest BCUT2D eigenvalue weighted by Crippen LogP contribution is 2.28. The summed E-state index contributed by atoms with van der Waals surface area (Å²) in [5.74, 6) is -0.128. The van der Waals surface area contributed by atoms with E-state index in [9.17, 15) is 17.6 Å². The molecular weight excluding hydrogens is 382 g/mol. The van der Waals surface area contributed by atoms with E-state index in [1.165, 1.54) is 30.6 Å². The number of aromatic nitrogens is 4. The number of benzene rings is 1. The first-order valence-corrected chi connectivity index (χ1v) is 8.49. The van der Waals surface area contributed by atoms with Crippen LogP contribution in [0.4, 0.5) is 23.4 Å². The Morgan fingerprint density at radius 1 is 1.21 bits per heavy atom. The zero-order valence-corrected chi connectivity index (χ0v) is 14.4. The minimum atomic E-state index is -4.74. The van der Waals surface area contributed by atoms with Gasteiger partial charge in [0.15, 0.2) is 17.0 Å². The average Bonchev–Trinajstić information content (AvgIpc) is 3.28. The molecule has 28 heavy (non-hydrogen) atoms. The molecular formula is C17H15F4N5O2. The fraction of sp³-hybridized carbons (Fsp3) is 0.353. The monoisotopic (exact) mass is 397 g/mol. The minimum Gasteiger partial charge on any atom is -0.406 e. The largest absolute Gasteiger partial charge is 0.573 e. The SMILES string of the molecule is Fc1nc(NCc2ccc(OC(F)(F)F)cc2)c2ncn(C3CCCO3)c2n1. The highest BCUT2D eigenvalue weighted by Gasteiger charge is 2.31. The first-order chi connectivity index (χ1) is 13.4. The molecule has 1 saturated heterocycles. The van der Waals surface area contributed by atoms with E-state index in [0.29, 0.717) is 23.3 Å². The number of halogens is 4. The Morgan fingerprint density at radius 2 is 2.00 bits per heavy atom. The van der Waals surface area contributed by atoms with Crippen molar-refractivity contribution in [3.63, 3.8) is 0 Å². The third kappa shape index (κ3) is 3.98. The maximum Gasteiger partial charge on any atom is 0.573 e. The number of imidazole rings is 1. The quantitative estimate of drug-likeness (QED) is 0.522. The summed E-state index contributed by atoms with van der Waals surface area (Å²) in [6.45, 7) is 0.821. The lowest BCUT2D eigenvalue weighted by atomic mass is 10.2. The summed E-state index contributed by atoms with van der Waals surface area (Å²) >= 11 is 0. The lowest BCUT2D eigenvalue weighted by Gasteiger charge is -2.12. The summed E-state index contributed by atoms with van der Waals surface area (Å²) in [7, 11) is 0. The second-order valence-electron chi connectivity index (χ2n) is 6.18. The number of nitrogens with zero attached hydrogens (tertiary/aromatic N) is 4. The zero-order chi connectivity index (χ0) is 19.7. The third-order valence-electron chi connectivity index (χ3n) is 4.23. The molecule has 1 fully saturated rings. The Labute approximate surface area is 156 Å². The van der Waals surface area contributed by atoms with Crippen molar-refractivity contribution in [2.75, 3.05) is 11.9 Å². The molecule has 1 N–H and O–H groups in total. The van der Waals surface area contributed by atoms with Crippen LogP contribution in [0.25, 0.3) is 11.2 Å². The van der Waals surface area contributed by atoms with Crippen molar-refractivity contribution in [3.05, 3.63) is 42.2 Å². The van der Waals surface area contributed by atoms with E-state index in [2.05, 4.69) is 25.0 Å². The van der Waals surface area contributed by atoms with Crippen molar-refractivity contribution in [3.8, 4) is 5.75 Å². The van der Waals surface area contributed by atoms with Gasteiger partial charge < -0.3 is 14.8 Å². The lowest BCUT2D eigenvalue weighted by molar-refractivity contribution is -0.274. The molecule has 0 spiro atoms. The van der Waals surface area contributed by atoms with Gasteiger partial charge in [0.05, 0.1) is 6.33 Å².